The minimum Gasteiger partial charge on any atom is -0.497 e. The van der Waals surface area contributed by atoms with Crippen molar-refractivity contribution in [3.63, 3.8) is 0 Å². The van der Waals surface area contributed by atoms with Crippen molar-refractivity contribution in [1.82, 2.24) is 9.55 Å². The highest BCUT2D eigenvalue weighted by Crippen LogP contribution is 2.30. The van der Waals surface area contributed by atoms with E-state index in [4.69, 9.17) is 32.9 Å². The van der Waals surface area contributed by atoms with Gasteiger partial charge in [0.25, 0.3) is 0 Å². The van der Waals surface area contributed by atoms with Crippen molar-refractivity contribution in [2.45, 2.75) is 13.5 Å². The van der Waals surface area contributed by atoms with Gasteiger partial charge in [0.1, 0.15) is 11.6 Å². The van der Waals surface area contributed by atoms with Crippen LogP contribution < -0.4 is 4.74 Å². The van der Waals surface area contributed by atoms with E-state index in [9.17, 15) is 0 Å². The molecule has 5 heteroatoms. The molecule has 0 atom stereocenters. The topological polar surface area (TPSA) is 27.1 Å². The van der Waals surface area contributed by atoms with Crippen LogP contribution in [0, 0.1) is 0 Å². The van der Waals surface area contributed by atoms with Crippen molar-refractivity contribution < 1.29 is 4.74 Å². The van der Waals surface area contributed by atoms with Crippen LogP contribution in [0.5, 0.6) is 5.75 Å². The molecule has 0 N–H and O–H groups in total. The van der Waals surface area contributed by atoms with Gasteiger partial charge in [-0.3, -0.25) is 0 Å². The molecule has 3 aromatic carbocycles. The average Bonchev–Trinajstić information content (AvgIpc) is 3.21. The Kier molecular flexibility index (Phi) is 6.45. The summed E-state index contributed by atoms with van der Waals surface area (Å²) in [7, 11) is 1.67. The van der Waals surface area contributed by atoms with Gasteiger partial charge in [0, 0.05) is 23.3 Å². The molecule has 0 saturated heterocycles. The summed E-state index contributed by atoms with van der Waals surface area (Å²) < 4.78 is 7.33. The minimum atomic E-state index is 0.595. The first-order chi connectivity index (χ1) is 15.1. The molecule has 0 fully saturated rings. The lowest BCUT2D eigenvalue weighted by molar-refractivity contribution is 0.415. The van der Waals surface area contributed by atoms with E-state index in [2.05, 4.69) is 54.0 Å². The first-order valence-electron chi connectivity index (χ1n) is 10.0. The van der Waals surface area contributed by atoms with Gasteiger partial charge >= 0.3 is 0 Å². The van der Waals surface area contributed by atoms with E-state index in [1.54, 1.807) is 13.2 Å². The summed E-state index contributed by atoms with van der Waals surface area (Å²) >= 11 is 12.4. The van der Waals surface area contributed by atoms with Gasteiger partial charge < -0.3 is 9.30 Å². The third-order valence-corrected chi connectivity index (χ3v) is 5.66. The Morgan fingerprint density at radius 2 is 1.58 bits per heavy atom. The molecule has 31 heavy (non-hydrogen) atoms. The Labute approximate surface area is 192 Å². The largest absolute Gasteiger partial charge is 0.497 e. The number of ether oxygens (including phenoxy) is 1. The lowest BCUT2D eigenvalue weighted by Crippen LogP contribution is -1.94. The van der Waals surface area contributed by atoms with Crippen molar-refractivity contribution >= 4 is 35.4 Å². The highest BCUT2D eigenvalue weighted by Gasteiger charge is 2.10. The van der Waals surface area contributed by atoms with Crippen LogP contribution in [-0.2, 0) is 6.54 Å². The van der Waals surface area contributed by atoms with Crippen LogP contribution in [0.2, 0.25) is 10.0 Å². The maximum absolute atomic E-state index is 6.37. The van der Waals surface area contributed by atoms with E-state index < -0.39 is 0 Å². The number of aryl methyl sites for hydroxylation is 1. The molecule has 0 aliphatic rings. The second-order valence-corrected chi connectivity index (χ2v) is 7.92. The summed E-state index contributed by atoms with van der Waals surface area (Å²) in [5.41, 5.74) is 5.13. The van der Waals surface area contributed by atoms with E-state index in [0.717, 1.165) is 46.1 Å². The molecule has 4 aromatic rings. The van der Waals surface area contributed by atoms with E-state index in [0.29, 0.717) is 10.0 Å². The van der Waals surface area contributed by atoms with Crippen molar-refractivity contribution in [3.8, 4) is 28.1 Å². The van der Waals surface area contributed by atoms with E-state index >= 15 is 0 Å². The molecule has 4 rings (SSSR count). The van der Waals surface area contributed by atoms with Gasteiger partial charge in [-0.25, -0.2) is 4.98 Å². The van der Waals surface area contributed by atoms with Crippen LogP contribution in [0.4, 0.5) is 0 Å². The van der Waals surface area contributed by atoms with Gasteiger partial charge in [0.2, 0.25) is 0 Å². The number of hydrogen-bond acceptors (Lipinski definition) is 2. The number of aromatic nitrogens is 2. The minimum absolute atomic E-state index is 0.595. The van der Waals surface area contributed by atoms with Crippen LogP contribution >= 0.6 is 23.2 Å². The fraction of sp³-hybridized carbons (Fsp3) is 0.115. The fourth-order valence-corrected chi connectivity index (χ4v) is 3.89. The van der Waals surface area contributed by atoms with Gasteiger partial charge in [-0.1, -0.05) is 65.7 Å². The molecular formula is C26H22Cl2N2O. The van der Waals surface area contributed by atoms with Crippen molar-refractivity contribution in [3.05, 3.63) is 94.4 Å². The number of hydrogen-bond donors (Lipinski definition) is 0. The van der Waals surface area contributed by atoms with E-state index in [1.807, 2.05) is 36.5 Å². The van der Waals surface area contributed by atoms with Crippen LogP contribution in [0.25, 0.3) is 34.5 Å². The molecule has 1 heterocycles. The molecule has 1 aromatic heterocycles. The van der Waals surface area contributed by atoms with E-state index in [1.165, 1.54) is 0 Å². The molecule has 0 bridgehead atoms. The first kappa shape index (κ1) is 21.2. The van der Waals surface area contributed by atoms with E-state index in [-0.39, 0.29) is 0 Å². The Balaban J connectivity index is 1.55. The van der Waals surface area contributed by atoms with Gasteiger partial charge in [0.05, 0.1) is 17.8 Å². The number of rotatable bonds is 6. The predicted octanol–water partition coefficient (Wildman–Crippen LogP) is 7.72. The molecule has 0 aliphatic carbocycles. The summed E-state index contributed by atoms with van der Waals surface area (Å²) in [6.45, 7) is 2.91. The van der Waals surface area contributed by atoms with Gasteiger partial charge in [-0.2, -0.15) is 0 Å². The number of imidazole rings is 1. The SMILES string of the molecule is CCn1cc(-c2ccc(Cl)cc2Cl)nc1C=Cc1ccc(-c2ccc(OC)cc2)cc1. The smallest absolute Gasteiger partial charge is 0.133 e. The maximum atomic E-state index is 6.37. The highest BCUT2D eigenvalue weighted by atomic mass is 35.5. The molecule has 0 unspecified atom stereocenters. The predicted molar refractivity (Wildman–Crippen MR) is 131 cm³/mol. The quantitative estimate of drug-likeness (QED) is 0.301. The zero-order valence-corrected chi connectivity index (χ0v) is 18.9. The van der Waals surface area contributed by atoms with Gasteiger partial charge in [-0.05, 0) is 60.0 Å². The summed E-state index contributed by atoms with van der Waals surface area (Å²) in [6.07, 6.45) is 6.11. The fourth-order valence-electron chi connectivity index (χ4n) is 3.38. The lowest BCUT2D eigenvalue weighted by Gasteiger charge is -2.04. The molecular weight excluding hydrogens is 427 g/mol. The van der Waals surface area contributed by atoms with Crippen LogP contribution in [-0.4, -0.2) is 16.7 Å². The van der Waals surface area contributed by atoms with Crippen molar-refractivity contribution in [2.75, 3.05) is 7.11 Å². The lowest BCUT2D eigenvalue weighted by atomic mass is 10.0. The summed E-state index contributed by atoms with van der Waals surface area (Å²) in [5, 5.41) is 1.21. The molecule has 0 saturated carbocycles. The second kappa shape index (κ2) is 9.42. The molecule has 0 amide bonds. The van der Waals surface area contributed by atoms with Crippen molar-refractivity contribution in [1.29, 1.82) is 0 Å². The Morgan fingerprint density at radius 1 is 0.903 bits per heavy atom. The van der Waals surface area contributed by atoms with Crippen molar-refractivity contribution in [2.24, 2.45) is 0 Å². The standard InChI is InChI=1S/C26H22Cl2N2O/c1-3-30-17-25(23-14-11-21(27)16-24(23)28)29-26(30)15-6-18-4-7-19(8-5-18)20-9-12-22(31-2)13-10-20/h4-17H,3H2,1-2H3. The maximum Gasteiger partial charge on any atom is 0.133 e. The molecule has 0 aliphatic heterocycles. The normalized spacial score (nSPS) is 11.2. The molecule has 156 valence electrons. The van der Waals surface area contributed by atoms with Crippen LogP contribution in [0.1, 0.15) is 18.3 Å². The zero-order valence-electron chi connectivity index (χ0n) is 17.3. The Morgan fingerprint density at radius 3 is 2.19 bits per heavy atom. The Bertz CT molecular complexity index is 1210. The second-order valence-electron chi connectivity index (χ2n) is 7.08. The highest BCUT2D eigenvalue weighted by molar-refractivity contribution is 6.36. The summed E-state index contributed by atoms with van der Waals surface area (Å²) in [5.74, 6) is 1.73. The number of benzene rings is 3. The molecule has 0 spiro atoms. The van der Waals surface area contributed by atoms with Crippen LogP contribution in [0.3, 0.4) is 0 Å². The molecule has 0 radical (unpaired) electrons. The summed E-state index contributed by atoms with van der Waals surface area (Å²) in [6, 6.07) is 22.0. The Hall–Kier alpha value is -3.01. The van der Waals surface area contributed by atoms with Crippen LogP contribution in [0.15, 0.2) is 72.9 Å². The number of halogens is 2. The number of methoxy groups -OCH3 is 1. The number of nitrogens with zero attached hydrogens (tertiary/aromatic N) is 2. The van der Waals surface area contributed by atoms with Gasteiger partial charge in [0.15, 0.2) is 0 Å². The molecule has 3 nitrogen and oxygen atoms in total. The average molecular weight is 449 g/mol. The summed E-state index contributed by atoms with van der Waals surface area (Å²) in [4.78, 5) is 4.78. The first-order valence-corrected chi connectivity index (χ1v) is 10.8. The third-order valence-electron chi connectivity index (χ3n) is 5.11. The monoisotopic (exact) mass is 448 g/mol. The third kappa shape index (κ3) is 4.84. The van der Waals surface area contributed by atoms with Gasteiger partial charge in [-0.15, -0.1) is 0 Å². The zero-order chi connectivity index (χ0) is 21.8.